The third-order valence-electron chi connectivity index (χ3n) is 5.02. The minimum atomic E-state index is -0.469. The number of non-ortho nitro benzene ring substituents is 1. The van der Waals surface area contributed by atoms with Crippen LogP contribution in [0.15, 0.2) is 87.5 Å². The van der Waals surface area contributed by atoms with E-state index in [1.54, 1.807) is 41.2 Å². The molecule has 2 aromatic carbocycles. The van der Waals surface area contributed by atoms with Crippen molar-refractivity contribution in [2.75, 3.05) is 0 Å². The van der Waals surface area contributed by atoms with Crippen LogP contribution in [0.3, 0.4) is 0 Å². The fraction of sp³-hybridized carbons (Fsp3) is 0.0870. The number of para-hydroxylation sites is 1. The van der Waals surface area contributed by atoms with Gasteiger partial charge in [-0.2, -0.15) is 4.98 Å². The van der Waals surface area contributed by atoms with Gasteiger partial charge in [-0.3, -0.25) is 24.5 Å². The predicted molar refractivity (Wildman–Crippen MR) is 125 cm³/mol. The SMILES string of the molecule is O=c1c2ccccc2nc(SCc2nc(-c3ccc([N+](=O)[O-])cc3)no2)n1Cc1cccnc1. The topological polar surface area (TPSA) is 130 Å². The highest BCUT2D eigenvalue weighted by atomic mass is 32.2. The molecule has 0 radical (unpaired) electrons. The first-order valence-corrected chi connectivity index (χ1v) is 11.2. The molecule has 0 amide bonds. The third kappa shape index (κ3) is 4.41. The monoisotopic (exact) mass is 472 g/mol. The van der Waals surface area contributed by atoms with E-state index in [2.05, 4.69) is 15.1 Å². The van der Waals surface area contributed by atoms with Crippen LogP contribution in [0.25, 0.3) is 22.3 Å². The summed E-state index contributed by atoms with van der Waals surface area (Å²) in [6.45, 7) is 0.324. The molecule has 0 unspecified atom stereocenters. The maximum Gasteiger partial charge on any atom is 0.269 e. The fourth-order valence-electron chi connectivity index (χ4n) is 3.36. The van der Waals surface area contributed by atoms with Gasteiger partial charge >= 0.3 is 0 Å². The number of aromatic nitrogens is 5. The van der Waals surface area contributed by atoms with Crippen molar-refractivity contribution >= 4 is 28.4 Å². The molecule has 0 N–H and O–H groups in total. The average Bonchev–Trinajstić information content (AvgIpc) is 3.34. The van der Waals surface area contributed by atoms with E-state index in [0.29, 0.717) is 39.9 Å². The second-order valence-electron chi connectivity index (χ2n) is 7.27. The summed E-state index contributed by atoms with van der Waals surface area (Å²) in [6.07, 6.45) is 3.39. The molecule has 11 heteroatoms. The van der Waals surface area contributed by atoms with Gasteiger partial charge in [-0.25, -0.2) is 4.98 Å². The molecular weight excluding hydrogens is 456 g/mol. The van der Waals surface area contributed by atoms with Gasteiger partial charge in [-0.05, 0) is 35.9 Å². The van der Waals surface area contributed by atoms with Crippen LogP contribution in [0, 0.1) is 10.1 Å². The number of fused-ring (bicyclic) bond motifs is 1. The first-order chi connectivity index (χ1) is 16.6. The lowest BCUT2D eigenvalue weighted by Gasteiger charge is -2.12. The zero-order valence-corrected chi connectivity index (χ0v) is 18.4. The molecule has 0 aliphatic heterocycles. The van der Waals surface area contributed by atoms with Gasteiger partial charge < -0.3 is 4.52 Å². The molecule has 34 heavy (non-hydrogen) atoms. The summed E-state index contributed by atoms with van der Waals surface area (Å²) in [5.41, 5.74) is 1.92. The molecule has 0 saturated heterocycles. The van der Waals surface area contributed by atoms with Gasteiger partial charge in [0.15, 0.2) is 5.16 Å². The number of benzene rings is 2. The smallest absolute Gasteiger partial charge is 0.269 e. The van der Waals surface area contributed by atoms with Gasteiger partial charge in [0.1, 0.15) is 0 Å². The number of nitro benzene ring substituents is 1. The Balaban J connectivity index is 1.42. The predicted octanol–water partition coefficient (Wildman–Crippen LogP) is 4.09. The number of rotatable bonds is 7. The van der Waals surface area contributed by atoms with Crippen molar-refractivity contribution in [3.63, 3.8) is 0 Å². The summed E-state index contributed by atoms with van der Waals surface area (Å²) in [5, 5.41) is 15.9. The van der Waals surface area contributed by atoms with Gasteiger partial charge in [-0.1, -0.05) is 35.1 Å². The van der Waals surface area contributed by atoms with E-state index in [1.165, 1.54) is 23.9 Å². The zero-order chi connectivity index (χ0) is 23.5. The number of hydrogen-bond acceptors (Lipinski definition) is 9. The third-order valence-corrected chi connectivity index (χ3v) is 5.98. The van der Waals surface area contributed by atoms with E-state index < -0.39 is 4.92 Å². The van der Waals surface area contributed by atoms with E-state index in [4.69, 9.17) is 9.51 Å². The Morgan fingerprint density at radius 1 is 1.03 bits per heavy atom. The first kappa shape index (κ1) is 21.5. The van der Waals surface area contributed by atoms with Crippen LogP contribution in [-0.4, -0.2) is 29.6 Å². The molecule has 0 aliphatic carbocycles. The Bertz CT molecular complexity index is 1530. The molecule has 3 aromatic heterocycles. The quantitative estimate of drug-likeness (QED) is 0.149. The molecular formula is C23H16N6O4S. The maximum absolute atomic E-state index is 13.2. The van der Waals surface area contributed by atoms with Gasteiger partial charge in [0.25, 0.3) is 11.2 Å². The molecule has 168 valence electrons. The molecule has 0 aliphatic rings. The van der Waals surface area contributed by atoms with Crippen LogP contribution in [0.4, 0.5) is 5.69 Å². The number of thioether (sulfide) groups is 1. The minimum Gasteiger partial charge on any atom is -0.338 e. The number of pyridine rings is 1. The second-order valence-corrected chi connectivity index (χ2v) is 8.21. The summed E-state index contributed by atoms with van der Waals surface area (Å²) >= 11 is 1.31. The van der Waals surface area contributed by atoms with Gasteiger partial charge in [0.2, 0.25) is 11.7 Å². The van der Waals surface area contributed by atoms with Crippen LogP contribution in [0.5, 0.6) is 0 Å². The van der Waals surface area contributed by atoms with Crippen molar-refractivity contribution in [2.24, 2.45) is 0 Å². The second kappa shape index (κ2) is 9.24. The van der Waals surface area contributed by atoms with Crippen LogP contribution >= 0.6 is 11.8 Å². The zero-order valence-electron chi connectivity index (χ0n) is 17.6. The molecule has 0 fully saturated rings. The Morgan fingerprint density at radius 3 is 2.62 bits per heavy atom. The van der Waals surface area contributed by atoms with Crippen molar-refractivity contribution in [3.05, 3.63) is 105 Å². The summed E-state index contributed by atoms with van der Waals surface area (Å²) in [4.78, 5) is 36.8. The van der Waals surface area contributed by atoms with Crippen LogP contribution in [0.1, 0.15) is 11.5 Å². The van der Waals surface area contributed by atoms with Crippen LogP contribution in [0.2, 0.25) is 0 Å². The summed E-state index contributed by atoms with van der Waals surface area (Å²) in [7, 11) is 0. The largest absolute Gasteiger partial charge is 0.338 e. The van der Waals surface area contributed by atoms with E-state index in [0.717, 1.165) is 5.56 Å². The van der Waals surface area contributed by atoms with Crippen LogP contribution in [-0.2, 0) is 12.3 Å². The first-order valence-electron chi connectivity index (χ1n) is 10.2. The van der Waals surface area contributed by atoms with E-state index in [9.17, 15) is 14.9 Å². The molecule has 3 heterocycles. The molecule has 5 aromatic rings. The lowest BCUT2D eigenvalue weighted by atomic mass is 10.2. The van der Waals surface area contributed by atoms with Crippen molar-refractivity contribution in [3.8, 4) is 11.4 Å². The highest BCUT2D eigenvalue weighted by Gasteiger charge is 2.15. The van der Waals surface area contributed by atoms with E-state index in [1.807, 2.05) is 24.3 Å². The maximum atomic E-state index is 13.2. The Labute approximate surface area is 196 Å². The van der Waals surface area contributed by atoms with Crippen molar-refractivity contribution < 1.29 is 9.45 Å². The lowest BCUT2D eigenvalue weighted by Crippen LogP contribution is -2.24. The molecule has 0 saturated carbocycles. The Hall–Kier alpha value is -4.38. The number of nitro groups is 1. The molecule has 10 nitrogen and oxygen atoms in total. The van der Waals surface area contributed by atoms with Crippen LogP contribution < -0.4 is 5.56 Å². The molecule has 5 rings (SSSR count). The van der Waals surface area contributed by atoms with Gasteiger partial charge in [0, 0.05) is 30.1 Å². The highest BCUT2D eigenvalue weighted by molar-refractivity contribution is 7.98. The Kier molecular flexibility index (Phi) is 5.83. The highest BCUT2D eigenvalue weighted by Crippen LogP contribution is 2.25. The molecule has 0 spiro atoms. The Morgan fingerprint density at radius 2 is 1.85 bits per heavy atom. The summed E-state index contributed by atoms with van der Waals surface area (Å²) in [6, 6.07) is 16.8. The summed E-state index contributed by atoms with van der Waals surface area (Å²) < 4.78 is 6.96. The lowest BCUT2D eigenvalue weighted by molar-refractivity contribution is -0.384. The molecule has 0 bridgehead atoms. The normalized spacial score (nSPS) is 11.1. The van der Waals surface area contributed by atoms with Crippen molar-refractivity contribution in [1.82, 2.24) is 24.7 Å². The number of nitrogens with zero attached hydrogens (tertiary/aromatic N) is 6. The van der Waals surface area contributed by atoms with E-state index in [-0.39, 0.29) is 17.0 Å². The fourth-order valence-corrected chi connectivity index (χ4v) is 4.20. The standard InChI is InChI=1S/C23H16N6O4S/c30-22-18-5-1-2-6-19(18)25-23(28(22)13-15-4-3-11-24-12-15)34-14-20-26-21(27-33-20)16-7-9-17(10-8-16)29(31)32/h1-12H,13-14H2. The molecule has 0 atom stereocenters. The van der Waals surface area contributed by atoms with Crippen molar-refractivity contribution in [1.29, 1.82) is 0 Å². The van der Waals surface area contributed by atoms with Crippen molar-refractivity contribution in [2.45, 2.75) is 17.5 Å². The van der Waals surface area contributed by atoms with Gasteiger partial charge in [0.05, 0.1) is 28.1 Å². The average molecular weight is 472 g/mol. The number of hydrogen-bond donors (Lipinski definition) is 0. The summed E-state index contributed by atoms with van der Waals surface area (Å²) in [5.74, 6) is 0.955. The van der Waals surface area contributed by atoms with Gasteiger partial charge in [-0.15, -0.1) is 0 Å². The minimum absolute atomic E-state index is 0.0167. The van der Waals surface area contributed by atoms with E-state index >= 15 is 0 Å².